The fraction of sp³-hybridized carbons (Fsp3) is 0.846. The molecule has 2 atom stereocenters. The second kappa shape index (κ2) is 8.91. The lowest BCUT2D eigenvalue weighted by Gasteiger charge is -2.24. The maximum atomic E-state index is 11.9. The number of amides is 2. The van der Waals surface area contributed by atoms with Crippen molar-refractivity contribution in [3.8, 4) is 0 Å². The molecule has 0 aliphatic carbocycles. The van der Waals surface area contributed by atoms with Gasteiger partial charge in [-0.3, -0.25) is 9.59 Å². The Kier molecular flexibility index (Phi) is 8.37. The molecule has 0 radical (unpaired) electrons. The molecule has 0 rings (SSSR count). The van der Waals surface area contributed by atoms with Crippen LogP contribution in [0.15, 0.2) is 0 Å². The number of nitrogens with zero attached hydrogens (tertiary/aromatic N) is 1. The van der Waals surface area contributed by atoms with Gasteiger partial charge in [-0.05, 0) is 27.2 Å². The lowest BCUT2D eigenvalue weighted by Crippen LogP contribution is -2.51. The van der Waals surface area contributed by atoms with Crippen molar-refractivity contribution in [2.75, 3.05) is 13.1 Å². The molecule has 0 aliphatic heterocycles. The number of nitrogens with two attached hydrogens (primary N) is 1. The monoisotopic (exact) mass is 257 g/mol. The second-order valence-corrected chi connectivity index (χ2v) is 4.49. The summed E-state index contributed by atoms with van der Waals surface area (Å²) in [4.78, 5) is 25.4. The minimum atomic E-state index is -0.517. The first kappa shape index (κ1) is 16.9. The van der Waals surface area contributed by atoms with Gasteiger partial charge >= 0.3 is 0 Å². The van der Waals surface area contributed by atoms with Crippen LogP contribution in [0.2, 0.25) is 0 Å². The first-order valence-electron chi connectivity index (χ1n) is 6.82. The van der Waals surface area contributed by atoms with Gasteiger partial charge in [0.15, 0.2) is 0 Å². The highest BCUT2D eigenvalue weighted by Crippen LogP contribution is 2.00. The molecule has 2 amide bonds. The molecule has 5 nitrogen and oxygen atoms in total. The van der Waals surface area contributed by atoms with E-state index in [1.165, 1.54) is 0 Å². The Morgan fingerprint density at radius 1 is 1.22 bits per heavy atom. The quantitative estimate of drug-likeness (QED) is 0.677. The Morgan fingerprint density at radius 2 is 1.78 bits per heavy atom. The maximum Gasteiger partial charge on any atom is 0.244 e. The average Bonchev–Trinajstić information content (AvgIpc) is 2.36. The summed E-state index contributed by atoms with van der Waals surface area (Å²) in [5.41, 5.74) is 5.76. The number of nitrogens with one attached hydrogen (secondary N) is 1. The molecular weight excluding hydrogens is 230 g/mol. The molecule has 0 aromatic rings. The van der Waals surface area contributed by atoms with Crippen molar-refractivity contribution in [1.29, 1.82) is 0 Å². The van der Waals surface area contributed by atoms with Gasteiger partial charge in [-0.1, -0.05) is 19.8 Å². The van der Waals surface area contributed by atoms with E-state index in [9.17, 15) is 9.59 Å². The van der Waals surface area contributed by atoms with E-state index in [0.717, 1.165) is 12.8 Å². The molecule has 0 aromatic heterocycles. The van der Waals surface area contributed by atoms with Crippen molar-refractivity contribution in [2.24, 2.45) is 5.73 Å². The minimum absolute atomic E-state index is 0.0592. The highest BCUT2D eigenvalue weighted by Gasteiger charge is 2.22. The van der Waals surface area contributed by atoms with Crippen molar-refractivity contribution >= 4 is 11.8 Å². The van der Waals surface area contributed by atoms with Crippen molar-refractivity contribution in [3.05, 3.63) is 0 Å². The summed E-state index contributed by atoms with van der Waals surface area (Å²) in [5.74, 6) is -0.299. The van der Waals surface area contributed by atoms with Crippen LogP contribution in [0.4, 0.5) is 0 Å². The summed E-state index contributed by atoms with van der Waals surface area (Å²) in [6, 6.07) is -1.03. The van der Waals surface area contributed by atoms with E-state index in [1.807, 2.05) is 13.8 Å². The Labute approximate surface area is 110 Å². The van der Waals surface area contributed by atoms with Crippen LogP contribution in [-0.4, -0.2) is 41.9 Å². The summed E-state index contributed by atoms with van der Waals surface area (Å²) >= 11 is 0. The molecule has 5 heteroatoms. The Bertz CT molecular complexity index is 265. The zero-order valence-electron chi connectivity index (χ0n) is 12.0. The van der Waals surface area contributed by atoms with Crippen LogP contribution in [0, 0.1) is 0 Å². The SMILES string of the molecule is CCCC[C@H](N)C(=O)NC(C)C(=O)N(CC)CC. The molecule has 0 heterocycles. The van der Waals surface area contributed by atoms with E-state index >= 15 is 0 Å². The van der Waals surface area contributed by atoms with Crippen molar-refractivity contribution in [3.63, 3.8) is 0 Å². The molecule has 0 bridgehead atoms. The van der Waals surface area contributed by atoms with Crippen LogP contribution in [0.25, 0.3) is 0 Å². The van der Waals surface area contributed by atoms with E-state index in [2.05, 4.69) is 12.2 Å². The van der Waals surface area contributed by atoms with Crippen molar-refractivity contribution in [1.82, 2.24) is 10.2 Å². The molecular formula is C13H27N3O2. The van der Waals surface area contributed by atoms with Crippen molar-refractivity contribution in [2.45, 2.75) is 59.0 Å². The van der Waals surface area contributed by atoms with Crippen LogP contribution >= 0.6 is 0 Å². The lowest BCUT2D eigenvalue weighted by molar-refractivity contribution is -0.136. The number of rotatable bonds is 8. The van der Waals surface area contributed by atoms with Crippen LogP contribution in [0.3, 0.4) is 0 Å². The van der Waals surface area contributed by atoms with E-state index in [1.54, 1.807) is 11.8 Å². The second-order valence-electron chi connectivity index (χ2n) is 4.49. The van der Waals surface area contributed by atoms with Crippen LogP contribution in [0.5, 0.6) is 0 Å². The largest absolute Gasteiger partial charge is 0.343 e. The predicted octanol–water partition coefficient (Wildman–Crippen LogP) is 0.877. The first-order chi connectivity index (χ1) is 8.47. The zero-order chi connectivity index (χ0) is 14.1. The molecule has 106 valence electrons. The standard InChI is InChI=1S/C13H27N3O2/c1-5-8-9-11(14)12(17)15-10(4)13(18)16(6-2)7-3/h10-11H,5-9,14H2,1-4H3,(H,15,17)/t10?,11-/m0/s1. The molecule has 0 fully saturated rings. The third-order valence-electron chi connectivity index (χ3n) is 3.01. The summed E-state index contributed by atoms with van der Waals surface area (Å²) in [7, 11) is 0. The average molecular weight is 257 g/mol. The van der Waals surface area contributed by atoms with Gasteiger partial charge < -0.3 is 16.0 Å². The molecule has 18 heavy (non-hydrogen) atoms. The fourth-order valence-corrected chi connectivity index (χ4v) is 1.75. The van der Waals surface area contributed by atoms with Crippen molar-refractivity contribution < 1.29 is 9.59 Å². The molecule has 0 aliphatic rings. The van der Waals surface area contributed by atoms with Crippen LogP contribution in [-0.2, 0) is 9.59 Å². The van der Waals surface area contributed by atoms with E-state index in [-0.39, 0.29) is 11.8 Å². The highest BCUT2D eigenvalue weighted by atomic mass is 16.2. The summed E-state index contributed by atoms with van der Waals surface area (Å²) in [5, 5.41) is 2.68. The third-order valence-corrected chi connectivity index (χ3v) is 3.01. The number of unbranched alkanes of at least 4 members (excludes halogenated alkanes) is 1. The van der Waals surface area contributed by atoms with Gasteiger partial charge in [-0.15, -0.1) is 0 Å². The Morgan fingerprint density at radius 3 is 2.22 bits per heavy atom. The molecule has 0 saturated heterocycles. The van der Waals surface area contributed by atoms with Crippen LogP contribution in [0.1, 0.15) is 47.0 Å². The van der Waals surface area contributed by atoms with E-state index in [0.29, 0.717) is 19.5 Å². The van der Waals surface area contributed by atoms with E-state index < -0.39 is 12.1 Å². The number of carbonyl (C=O) groups is 2. The third kappa shape index (κ3) is 5.49. The zero-order valence-corrected chi connectivity index (χ0v) is 12.0. The maximum absolute atomic E-state index is 11.9. The lowest BCUT2D eigenvalue weighted by atomic mass is 10.1. The number of likely N-dealkylation sites (N-methyl/N-ethyl adjacent to an activating group) is 1. The topological polar surface area (TPSA) is 75.4 Å². The minimum Gasteiger partial charge on any atom is -0.343 e. The normalized spacial score (nSPS) is 13.8. The molecule has 0 aromatic carbocycles. The number of hydrogen-bond acceptors (Lipinski definition) is 3. The van der Waals surface area contributed by atoms with Gasteiger partial charge in [-0.25, -0.2) is 0 Å². The molecule has 0 saturated carbocycles. The molecule has 1 unspecified atom stereocenters. The summed E-state index contributed by atoms with van der Waals surface area (Å²) in [6.07, 6.45) is 2.59. The first-order valence-corrected chi connectivity index (χ1v) is 6.82. The summed E-state index contributed by atoms with van der Waals surface area (Å²) < 4.78 is 0. The Balaban J connectivity index is 4.25. The molecule has 3 N–H and O–H groups in total. The summed E-state index contributed by atoms with van der Waals surface area (Å²) in [6.45, 7) is 8.89. The predicted molar refractivity (Wildman–Crippen MR) is 73.0 cm³/mol. The van der Waals surface area contributed by atoms with Gasteiger partial charge in [0.2, 0.25) is 11.8 Å². The smallest absolute Gasteiger partial charge is 0.244 e. The van der Waals surface area contributed by atoms with Gasteiger partial charge in [0.25, 0.3) is 0 Å². The van der Waals surface area contributed by atoms with Gasteiger partial charge in [0.1, 0.15) is 6.04 Å². The van der Waals surface area contributed by atoms with Gasteiger partial charge in [-0.2, -0.15) is 0 Å². The fourth-order valence-electron chi connectivity index (χ4n) is 1.75. The van der Waals surface area contributed by atoms with Gasteiger partial charge in [0, 0.05) is 13.1 Å². The van der Waals surface area contributed by atoms with Crippen LogP contribution < -0.4 is 11.1 Å². The molecule has 0 spiro atoms. The highest BCUT2D eigenvalue weighted by molar-refractivity contribution is 5.89. The van der Waals surface area contributed by atoms with E-state index in [4.69, 9.17) is 5.73 Å². The Hall–Kier alpha value is -1.10. The number of carbonyl (C=O) groups excluding carboxylic acids is 2. The number of hydrogen-bond donors (Lipinski definition) is 2. The van der Waals surface area contributed by atoms with Gasteiger partial charge in [0.05, 0.1) is 6.04 Å².